The van der Waals surface area contributed by atoms with Gasteiger partial charge in [0.15, 0.2) is 11.5 Å². The summed E-state index contributed by atoms with van der Waals surface area (Å²) in [5.41, 5.74) is 1.40. The van der Waals surface area contributed by atoms with Crippen LogP contribution in [0.25, 0.3) is 11.3 Å². The minimum atomic E-state index is -3.01. The van der Waals surface area contributed by atoms with Gasteiger partial charge in [0.25, 0.3) is 5.56 Å². The maximum atomic E-state index is 12.7. The predicted octanol–water partition coefficient (Wildman–Crippen LogP) is 5.17. The Kier molecular flexibility index (Phi) is 12.6. The van der Waals surface area contributed by atoms with E-state index in [4.69, 9.17) is 4.74 Å². The second-order valence-electron chi connectivity index (χ2n) is 6.39. The zero-order valence-electron chi connectivity index (χ0n) is 20.0. The summed E-state index contributed by atoms with van der Waals surface area (Å²) in [6.45, 7) is 3.03. The summed E-state index contributed by atoms with van der Waals surface area (Å²) in [7, 11) is 2.65. The summed E-state index contributed by atoms with van der Waals surface area (Å²) in [5, 5.41) is 4.36. The lowest BCUT2D eigenvalue weighted by Crippen LogP contribution is -2.23. The summed E-state index contributed by atoms with van der Waals surface area (Å²) < 4.78 is 40.7. The standard InChI is InChI=1S/C23H24F2N2O5.C2H6/c1-4-16(8-6-5-7-9-22(29)31-3)15-27-21(28)13-11-18(26-27)17-10-12-19(30-2)20(14-17)32-23(24)25;1-2/h4,6-14,23H,5,15H2,1-3H3;1-2H3/b8-6?,9-7+,16-4+;. The van der Waals surface area contributed by atoms with E-state index in [0.29, 0.717) is 17.7 Å². The molecular formula is C25H30F2N2O5. The van der Waals surface area contributed by atoms with E-state index in [1.54, 1.807) is 12.1 Å². The maximum Gasteiger partial charge on any atom is 0.387 e. The van der Waals surface area contributed by atoms with Crippen molar-refractivity contribution in [2.75, 3.05) is 14.2 Å². The number of allylic oxidation sites excluding steroid dienone is 5. The second kappa shape index (κ2) is 15.2. The molecule has 7 nitrogen and oxygen atoms in total. The number of aromatic nitrogens is 2. The first-order chi connectivity index (χ1) is 16.4. The summed E-state index contributed by atoms with van der Waals surface area (Å²) in [6.07, 6.45) is 8.99. The lowest BCUT2D eigenvalue weighted by molar-refractivity contribution is -0.134. The van der Waals surface area contributed by atoms with Crippen molar-refractivity contribution in [1.82, 2.24) is 9.78 Å². The van der Waals surface area contributed by atoms with E-state index in [1.165, 1.54) is 49.2 Å². The molecule has 2 rings (SSSR count). The number of benzene rings is 1. The number of nitrogens with zero attached hydrogens (tertiary/aromatic N) is 2. The Bertz CT molecular complexity index is 1080. The fourth-order valence-corrected chi connectivity index (χ4v) is 2.68. The van der Waals surface area contributed by atoms with Gasteiger partial charge in [-0.05, 0) is 43.2 Å². The summed E-state index contributed by atoms with van der Waals surface area (Å²) in [4.78, 5) is 23.4. The van der Waals surface area contributed by atoms with Gasteiger partial charge in [-0.1, -0.05) is 38.2 Å². The average Bonchev–Trinajstić information content (AvgIpc) is 2.84. The van der Waals surface area contributed by atoms with Gasteiger partial charge < -0.3 is 14.2 Å². The Morgan fingerprint density at radius 1 is 1.09 bits per heavy atom. The Hall–Kier alpha value is -3.75. The van der Waals surface area contributed by atoms with Gasteiger partial charge in [0, 0.05) is 17.7 Å². The third kappa shape index (κ3) is 9.01. The monoisotopic (exact) mass is 476 g/mol. The van der Waals surface area contributed by atoms with Crippen LogP contribution in [0.1, 0.15) is 27.2 Å². The highest BCUT2D eigenvalue weighted by atomic mass is 19.3. The van der Waals surface area contributed by atoms with Crippen molar-refractivity contribution in [3.63, 3.8) is 0 Å². The number of hydrogen-bond donors (Lipinski definition) is 0. The zero-order chi connectivity index (χ0) is 25.5. The van der Waals surface area contributed by atoms with Crippen LogP contribution in [0.2, 0.25) is 0 Å². The highest BCUT2D eigenvalue weighted by Gasteiger charge is 2.13. The van der Waals surface area contributed by atoms with Gasteiger partial charge >= 0.3 is 12.6 Å². The van der Waals surface area contributed by atoms with Crippen LogP contribution in [0.15, 0.2) is 71.1 Å². The first-order valence-electron chi connectivity index (χ1n) is 10.7. The third-order valence-electron chi connectivity index (χ3n) is 4.30. The molecule has 1 heterocycles. The van der Waals surface area contributed by atoms with Crippen LogP contribution in [-0.4, -0.2) is 36.6 Å². The highest BCUT2D eigenvalue weighted by Crippen LogP contribution is 2.32. The molecule has 184 valence electrons. The molecule has 1 aromatic carbocycles. The molecule has 0 N–H and O–H groups in total. The maximum absolute atomic E-state index is 12.7. The van der Waals surface area contributed by atoms with Crippen molar-refractivity contribution in [2.45, 2.75) is 40.3 Å². The summed E-state index contributed by atoms with van der Waals surface area (Å²) in [5.74, 6) is -0.403. The van der Waals surface area contributed by atoms with Crippen LogP contribution in [0, 0.1) is 0 Å². The van der Waals surface area contributed by atoms with E-state index in [2.05, 4.69) is 14.6 Å². The number of hydrogen-bond acceptors (Lipinski definition) is 6. The van der Waals surface area contributed by atoms with E-state index in [0.717, 1.165) is 5.57 Å². The molecule has 9 heteroatoms. The molecule has 0 amide bonds. The lowest BCUT2D eigenvalue weighted by atomic mass is 10.1. The molecule has 2 aromatic rings. The van der Waals surface area contributed by atoms with Gasteiger partial charge in [-0.25, -0.2) is 9.48 Å². The van der Waals surface area contributed by atoms with Crippen LogP contribution in [0.3, 0.4) is 0 Å². The second-order valence-corrected chi connectivity index (χ2v) is 6.39. The van der Waals surface area contributed by atoms with Crippen molar-refractivity contribution in [3.8, 4) is 22.8 Å². The van der Waals surface area contributed by atoms with Gasteiger partial charge in [0.05, 0.1) is 26.5 Å². The van der Waals surface area contributed by atoms with Gasteiger partial charge in [-0.3, -0.25) is 4.79 Å². The third-order valence-corrected chi connectivity index (χ3v) is 4.30. The molecule has 0 saturated heterocycles. The highest BCUT2D eigenvalue weighted by molar-refractivity contribution is 5.81. The molecule has 0 atom stereocenters. The van der Waals surface area contributed by atoms with Crippen molar-refractivity contribution in [2.24, 2.45) is 0 Å². The molecule has 0 fully saturated rings. The molecule has 0 aliphatic heterocycles. The first kappa shape index (κ1) is 28.3. The number of alkyl halides is 2. The van der Waals surface area contributed by atoms with Crippen molar-refractivity contribution >= 4 is 5.97 Å². The Labute approximate surface area is 198 Å². The van der Waals surface area contributed by atoms with Crippen LogP contribution in [-0.2, 0) is 16.1 Å². The van der Waals surface area contributed by atoms with E-state index in [1.807, 2.05) is 39.0 Å². The van der Waals surface area contributed by atoms with E-state index < -0.39 is 12.6 Å². The number of esters is 1. The van der Waals surface area contributed by atoms with Crippen LogP contribution in [0.5, 0.6) is 11.5 Å². The van der Waals surface area contributed by atoms with Crippen molar-refractivity contribution in [1.29, 1.82) is 0 Å². The summed E-state index contributed by atoms with van der Waals surface area (Å²) >= 11 is 0. The Morgan fingerprint density at radius 2 is 1.79 bits per heavy atom. The number of methoxy groups -OCH3 is 2. The molecule has 0 bridgehead atoms. The number of carbonyl (C=O) groups is 1. The SMILES string of the molecule is C/C=C(\C=CC/C=C/C(=O)OC)Cn1nc(-c2ccc(OC)c(OC(F)F)c2)ccc1=O.CC. The lowest BCUT2D eigenvalue weighted by Gasteiger charge is -2.12. The number of rotatable bonds is 10. The average molecular weight is 477 g/mol. The summed E-state index contributed by atoms with van der Waals surface area (Å²) in [6, 6.07) is 7.38. The van der Waals surface area contributed by atoms with Gasteiger partial charge in [-0.2, -0.15) is 13.9 Å². The van der Waals surface area contributed by atoms with Crippen molar-refractivity contribution < 1.29 is 27.8 Å². The topological polar surface area (TPSA) is 79.7 Å². The molecule has 0 aliphatic carbocycles. The van der Waals surface area contributed by atoms with E-state index in [-0.39, 0.29) is 23.6 Å². The number of carbonyl (C=O) groups excluding carboxylic acids is 1. The number of halogens is 2. The largest absolute Gasteiger partial charge is 0.493 e. The molecule has 0 saturated carbocycles. The Morgan fingerprint density at radius 3 is 2.41 bits per heavy atom. The Balaban J connectivity index is 0.00000281. The first-order valence-corrected chi connectivity index (χ1v) is 10.7. The van der Waals surface area contributed by atoms with Gasteiger partial charge in [0.1, 0.15) is 0 Å². The fourth-order valence-electron chi connectivity index (χ4n) is 2.68. The van der Waals surface area contributed by atoms with Crippen LogP contribution in [0.4, 0.5) is 8.78 Å². The van der Waals surface area contributed by atoms with E-state index >= 15 is 0 Å². The molecule has 0 aliphatic rings. The minimum absolute atomic E-state index is 0.128. The number of ether oxygens (including phenoxy) is 3. The molecule has 0 spiro atoms. The van der Waals surface area contributed by atoms with Gasteiger partial charge in [-0.15, -0.1) is 0 Å². The quantitative estimate of drug-likeness (QED) is 0.267. The molecule has 0 unspecified atom stereocenters. The van der Waals surface area contributed by atoms with Crippen molar-refractivity contribution in [3.05, 3.63) is 76.6 Å². The van der Waals surface area contributed by atoms with Crippen LogP contribution >= 0.6 is 0 Å². The molecule has 0 radical (unpaired) electrons. The normalized spacial score (nSPS) is 11.5. The predicted molar refractivity (Wildman–Crippen MR) is 127 cm³/mol. The van der Waals surface area contributed by atoms with Gasteiger partial charge in [0.2, 0.25) is 0 Å². The molecular weight excluding hydrogens is 446 g/mol. The van der Waals surface area contributed by atoms with Crippen LogP contribution < -0.4 is 15.0 Å². The van der Waals surface area contributed by atoms with E-state index in [9.17, 15) is 18.4 Å². The smallest absolute Gasteiger partial charge is 0.387 e. The molecule has 34 heavy (non-hydrogen) atoms. The molecule has 1 aromatic heterocycles. The zero-order valence-corrected chi connectivity index (χ0v) is 20.0. The fraction of sp³-hybridized carbons (Fsp3) is 0.320. The minimum Gasteiger partial charge on any atom is -0.493 e.